The highest BCUT2D eigenvalue weighted by Crippen LogP contribution is 2.28. The number of halogens is 2. The summed E-state index contributed by atoms with van der Waals surface area (Å²) in [5, 5.41) is 9.18. The zero-order valence-electron chi connectivity index (χ0n) is 10.5. The molecule has 0 spiro atoms. The SMILES string of the molecule is N#Cc1ccc(Cl)c(S(=O)(=O)Nc2cc(Cl)ccc2N)c1. The molecule has 108 valence electrons. The van der Waals surface area contributed by atoms with Gasteiger partial charge in [0.2, 0.25) is 0 Å². The van der Waals surface area contributed by atoms with Crippen LogP contribution in [-0.2, 0) is 10.0 Å². The van der Waals surface area contributed by atoms with Crippen molar-refractivity contribution in [1.82, 2.24) is 0 Å². The summed E-state index contributed by atoms with van der Waals surface area (Å²) in [5.74, 6) is 0. The largest absolute Gasteiger partial charge is 0.397 e. The molecule has 2 aromatic rings. The molecule has 0 radical (unpaired) electrons. The van der Waals surface area contributed by atoms with Crippen molar-refractivity contribution in [2.24, 2.45) is 0 Å². The van der Waals surface area contributed by atoms with Crippen LogP contribution in [0.3, 0.4) is 0 Å². The predicted octanol–water partition coefficient (Wildman–Crippen LogP) is 3.25. The number of anilines is 2. The van der Waals surface area contributed by atoms with Gasteiger partial charge in [0, 0.05) is 5.02 Å². The maximum absolute atomic E-state index is 12.4. The molecule has 0 saturated carbocycles. The van der Waals surface area contributed by atoms with E-state index in [1.807, 2.05) is 6.07 Å². The molecule has 0 fully saturated rings. The number of sulfonamides is 1. The summed E-state index contributed by atoms with van der Waals surface area (Å²) >= 11 is 11.7. The summed E-state index contributed by atoms with van der Waals surface area (Å²) in [6, 6.07) is 10.2. The van der Waals surface area contributed by atoms with E-state index >= 15 is 0 Å². The van der Waals surface area contributed by atoms with Crippen LogP contribution < -0.4 is 10.5 Å². The van der Waals surface area contributed by atoms with E-state index < -0.39 is 10.0 Å². The first kappa shape index (κ1) is 15.4. The van der Waals surface area contributed by atoms with Gasteiger partial charge in [-0.1, -0.05) is 23.2 Å². The summed E-state index contributed by atoms with van der Waals surface area (Å²) in [6.07, 6.45) is 0. The average Bonchev–Trinajstić information content (AvgIpc) is 2.43. The van der Waals surface area contributed by atoms with Gasteiger partial charge in [-0.2, -0.15) is 5.26 Å². The third-order valence-corrected chi connectivity index (χ3v) is 4.69. The predicted molar refractivity (Wildman–Crippen MR) is 82.8 cm³/mol. The first-order valence-corrected chi connectivity index (χ1v) is 7.85. The van der Waals surface area contributed by atoms with Crippen molar-refractivity contribution in [3.05, 3.63) is 52.0 Å². The lowest BCUT2D eigenvalue weighted by molar-refractivity contribution is 0.601. The highest BCUT2D eigenvalue weighted by molar-refractivity contribution is 7.92. The average molecular weight is 342 g/mol. The van der Waals surface area contributed by atoms with Gasteiger partial charge >= 0.3 is 0 Å². The van der Waals surface area contributed by atoms with E-state index in [2.05, 4.69) is 4.72 Å². The second-order valence-electron chi connectivity index (χ2n) is 4.09. The number of benzene rings is 2. The first-order valence-electron chi connectivity index (χ1n) is 5.61. The van der Waals surface area contributed by atoms with Crippen LogP contribution in [0.1, 0.15) is 5.56 Å². The van der Waals surface area contributed by atoms with Crippen molar-refractivity contribution in [2.45, 2.75) is 4.90 Å². The van der Waals surface area contributed by atoms with Crippen LogP contribution in [0.5, 0.6) is 0 Å². The minimum absolute atomic E-state index is 0.00194. The fourth-order valence-corrected chi connectivity index (χ4v) is 3.37. The smallest absolute Gasteiger partial charge is 0.263 e. The fourth-order valence-electron chi connectivity index (χ4n) is 1.60. The van der Waals surface area contributed by atoms with Crippen molar-refractivity contribution in [2.75, 3.05) is 10.5 Å². The lowest BCUT2D eigenvalue weighted by Crippen LogP contribution is -2.14. The Bertz CT molecular complexity index is 845. The third-order valence-electron chi connectivity index (χ3n) is 2.61. The Balaban J connectivity index is 2.48. The second kappa shape index (κ2) is 5.82. The fraction of sp³-hybridized carbons (Fsp3) is 0. The van der Waals surface area contributed by atoms with Crippen LogP contribution in [-0.4, -0.2) is 8.42 Å². The molecule has 0 saturated heterocycles. The topological polar surface area (TPSA) is 96.0 Å². The molecule has 0 unspecified atom stereocenters. The number of nitrogens with one attached hydrogen (secondary N) is 1. The highest BCUT2D eigenvalue weighted by Gasteiger charge is 2.20. The zero-order chi connectivity index (χ0) is 15.6. The molecule has 0 bridgehead atoms. The molecule has 0 aliphatic rings. The van der Waals surface area contributed by atoms with Gasteiger partial charge in [-0.25, -0.2) is 8.42 Å². The van der Waals surface area contributed by atoms with Crippen molar-refractivity contribution in [1.29, 1.82) is 5.26 Å². The van der Waals surface area contributed by atoms with Gasteiger partial charge < -0.3 is 5.73 Å². The summed E-state index contributed by atoms with van der Waals surface area (Å²) in [6.45, 7) is 0. The maximum Gasteiger partial charge on any atom is 0.263 e. The Morgan fingerprint density at radius 1 is 1.14 bits per heavy atom. The Labute approximate surface area is 132 Å². The van der Waals surface area contributed by atoms with Crippen LogP contribution in [0.25, 0.3) is 0 Å². The molecule has 5 nitrogen and oxygen atoms in total. The van der Waals surface area contributed by atoms with E-state index in [9.17, 15) is 8.42 Å². The number of nitriles is 1. The number of nitrogen functional groups attached to an aromatic ring is 1. The quantitative estimate of drug-likeness (QED) is 0.837. The number of nitrogens with zero attached hydrogens (tertiary/aromatic N) is 1. The van der Waals surface area contributed by atoms with E-state index in [1.165, 1.54) is 36.4 Å². The van der Waals surface area contributed by atoms with E-state index in [0.717, 1.165) is 0 Å². The second-order valence-corrected chi connectivity index (χ2v) is 6.59. The van der Waals surface area contributed by atoms with E-state index in [0.29, 0.717) is 5.02 Å². The molecular formula is C13H9Cl2N3O2S. The molecule has 2 rings (SSSR count). The molecule has 2 aromatic carbocycles. The first-order chi connectivity index (χ1) is 9.83. The van der Waals surface area contributed by atoms with Crippen LogP contribution in [0.15, 0.2) is 41.3 Å². The Morgan fingerprint density at radius 3 is 2.52 bits per heavy atom. The van der Waals surface area contributed by atoms with Crippen molar-refractivity contribution in [3.8, 4) is 6.07 Å². The number of rotatable bonds is 3. The molecule has 21 heavy (non-hydrogen) atoms. The van der Waals surface area contributed by atoms with Crippen molar-refractivity contribution >= 4 is 44.6 Å². The molecule has 0 aliphatic heterocycles. The minimum Gasteiger partial charge on any atom is -0.397 e. The molecule has 3 N–H and O–H groups in total. The lowest BCUT2D eigenvalue weighted by Gasteiger charge is -2.12. The van der Waals surface area contributed by atoms with Crippen LogP contribution in [0, 0.1) is 11.3 Å². The third kappa shape index (κ3) is 3.39. The molecular weight excluding hydrogens is 333 g/mol. The molecule has 0 atom stereocenters. The van der Waals surface area contributed by atoms with Crippen molar-refractivity contribution < 1.29 is 8.42 Å². The molecule has 0 amide bonds. The van der Waals surface area contributed by atoms with E-state index in [4.69, 9.17) is 34.2 Å². The monoisotopic (exact) mass is 341 g/mol. The van der Waals surface area contributed by atoms with Gasteiger partial charge in [0.15, 0.2) is 0 Å². The van der Waals surface area contributed by atoms with Crippen LogP contribution in [0.2, 0.25) is 10.0 Å². The molecule has 0 aliphatic carbocycles. The number of nitrogens with two attached hydrogens (primary N) is 1. The highest BCUT2D eigenvalue weighted by atomic mass is 35.5. The zero-order valence-corrected chi connectivity index (χ0v) is 12.8. The van der Waals surface area contributed by atoms with E-state index in [1.54, 1.807) is 0 Å². The van der Waals surface area contributed by atoms with Gasteiger partial charge in [-0.15, -0.1) is 0 Å². The van der Waals surface area contributed by atoms with Crippen molar-refractivity contribution in [3.63, 3.8) is 0 Å². The lowest BCUT2D eigenvalue weighted by atomic mass is 10.2. The Kier molecular flexibility index (Phi) is 4.28. The summed E-state index contributed by atoms with van der Waals surface area (Å²) in [7, 11) is -3.99. The Hall–Kier alpha value is -1.94. The number of hydrogen-bond donors (Lipinski definition) is 2. The van der Waals surface area contributed by atoms with Gasteiger partial charge in [-0.05, 0) is 36.4 Å². The molecule has 0 heterocycles. The molecule has 8 heteroatoms. The van der Waals surface area contributed by atoms with Crippen LogP contribution >= 0.6 is 23.2 Å². The summed E-state index contributed by atoms with van der Waals surface area (Å²) < 4.78 is 27.0. The number of hydrogen-bond acceptors (Lipinski definition) is 4. The van der Waals surface area contributed by atoms with Gasteiger partial charge in [0.1, 0.15) is 4.90 Å². The standard InChI is InChI=1S/C13H9Cl2N3O2S/c14-9-2-4-11(17)12(6-9)18-21(19,20)13-5-8(7-16)1-3-10(13)15/h1-6,18H,17H2. The van der Waals surface area contributed by atoms with Gasteiger partial charge in [-0.3, -0.25) is 4.72 Å². The normalized spacial score (nSPS) is 10.9. The van der Waals surface area contributed by atoms with Crippen LogP contribution in [0.4, 0.5) is 11.4 Å². The maximum atomic E-state index is 12.4. The minimum atomic E-state index is -3.99. The van der Waals surface area contributed by atoms with Gasteiger partial charge in [0.05, 0.1) is 28.0 Å². The summed E-state index contributed by atoms with van der Waals surface area (Å²) in [4.78, 5) is -0.206. The van der Waals surface area contributed by atoms with Gasteiger partial charge in [0.25, 0.3) is 10.0 Å². The Morgan fingerprint density at radius 2 is 1.86 bits per heavy atom. The van der Waals surface area contributed by atoms with E-state index in [-0.39, 0.29) is 26.9 Å². The molecule has 0 aromatic heterocycles. The summed E-state index contributed by atoms with van der Waals surface area (Å²) in [5.41, 5.74) is 6.24.